The van der Waals surface area contributed by atoms with E-state index in [9.17, 15) is 9.59 Å². The highest BCUT2D eigenvalue weighted by Gasteiger charge is 2.10. The summed E-state index contributed by atoms with van der Waals surface area (Å²) in [6.07, 6.45) is -0.867. The van der Waals surface area contributed by atoms with Gasteiger partial charge in [-0.25, -0.2) is 0 Å². The highest BCUT2D eigenvalue weighted by molar-refractivity contribution is 5.96. The zero-order chi connectivity index (χ0) is 8.15. The average molecular weight is 145 g/mol. The highest BCUT2D eigenvalue weighted by Crippen LogP contribution is 1.80. The van der Waals surface area contributed by atoms with E-state index in [1.54, 1.807) is 6.92 Å². The van der Waals surface area contributed by atoms with Crippen LogP contribution in [0.25, 0.3) is 0 Å². The minimum absolute atomic E-state index is 0.248. The molecule has 2 N–H and O–H groups in total. The Hall–Kier alpha value is -0.900. The predicted molar refractivity (Wildman–Crippen MR) is 35.1 cm³/mol. The van der Waals surface area contributed by atoms with Gasteiger partial charge in [0.25, 0.3) is 5.91 Å². The summed E-state index contributed by atoms with van der Waals surface area (Å²) < 4.78 is 0. The van der Waals surface area contributed by atoms with Crippen molar-refractivity contribution in [1.82, 2.24) is 5.32 Å². The maximum atomic E-state index is 10.5. The molecule has 0 rings (SSSR count). The van der Waals surface area contributed by atoms with Gasteiger partial charge in [-0.05, 0) is 6.92 Å². The Morgan fingerprint density at radius 2 is 2.10 bits per heavy atom. The topological polar surface area (TPSA) is 66.4 Å². The third-order valence-corrected chi connectivity index (χ3v) is 0.963. The number of imide groups is 1. The molecule has 4 heteroatoms. The van der Waals surface area contributed by atoms with E-state index in [1.165, 1.54) is 6.92 Å². The standard InChI is InChI=1S/C6H11NO3/c1-3-5(9)7-6(10)4(2)8/h4,8H,3H2,1-2H3,(H,7,9,10). The van der Waals surface area contributed by atoms with Crippen molar-refractivity contribution < 1.29 is 14.7 Å². The van der Waals surface area contributed by atoms with Crippen LogP contribution in [0, 0.1) is 0 Å². The first-order chi connectivity index (χ1) is 4.57. The molecule has 10 heavy (non-hydrogen) atoms. The molecule has 0 fully saturated rings. The van der Waals surface area contributed by atoms with Crippen molar-refractivity contribution in [1.29, 1.82) is 0 Å². The van der Waals surface area contributed by atoms with Crippen LogP contribution in [-0.2, 0) is 9.59 Å². The molecule has 0 aliphatic rings. The van der Waals surface area contributed by atoms with Gasteiger partial charge in [0.15, 0.2) is 0 Å². The van der Waals surface area contributed by atoms with Crippen molar-refractivity contribution in [3.63, 3.8) is 0 Å². The fraction of sp³-hybridized carbons (Fsp3) is 0.667. The smallest absolute Gasteiger partial charge is 0.255 e. The van der Waals surface area contributed by atoms with Crippen molar-refractivity contribution in [3.05, 3.63) is 0 Å². The number of hydrogen-bond acceptors (Lipinski definition) is 3. The van der Waals surface area contributed by atoms with Crippen LogP contribution in [0.1, 0.15) is 20.3 Å². The summed E-state index contributed by atoms with van der Waals surface area (Å²) in [5, 5.41) is 10.6. The number of rotatable bonds is 2. The zero-order valence-corrected chi connectivity index (χ0v) is 6.05. The van der Waals surface area contributed by atoms with Crippen LogP contribution >= 0.6 is 0 Å². The lowest BCUT2D eigenvalue weighted by Crippen LogP contribution is -2.36. The number of hydrogen-bond donors (Lipinski definition) is 2. The lowest BCUT2D eigenvalue weighted by atomic mass is 10.3. The van der Waals surface area contributed by atoms with Crippen LogP contribution in [0.15, 0.2) is 0 Å². The van der Waals surface area contributed by atoms with Gasteiger partial charge in [-0.2, -0.15) is 0 Å². The van der Waals surface area contributed by atoms with E-state index in [2.05, 4.69) is 0 Å². The summed E-state index contributed by atoms with van der Waals surface area (Å²) in [5.41, 5.74) is 0. The Morgan fingerprint density at radius 1 is 1.60 bits per heavy atom. The molecule has 0 radical (unpaired) electrons. The van der Waals surface area contributed by atoms with E-state index in [-0.39, 0.29) is 12.3 Å². The third kappa shape index (κ3) is 3.19. The van der Waals surface area contributed by atoms with Crippen LogP contribution in [-0.4, -0.2) is 23.0 Å². The molecule has 0 aliphatic heterocycles. The van der Waals surface area contributed by atoms with E-state index >= 15 is 0 Å². The molecule has 0 spiro atoms. The largest absolute Gasteiger partial charge is 0.384 e. The highest BCUT2D eigenvalue weighted by atomic mass is 16.3. The Bertz CT molecular complexity index is 142. The molecule has 2 amide bonds. The van der Waals surface area contributed by atoms with E-state index < -0.39 is 12.0 Å². The first kappa shape index (κ1) is 9.10. The molecule has 0 saturated heterocycles. The first-order valence-corrected chi connectivity index (χ1v) is 3.09. The Morgan fingerprint density at radius 3 is 2.40 bits per heavy atom. The molecule has 0 aromatic carbocycles. The van der Waals surface area contributed by atoms with Crippen LogP contribution in [0.4, 0.5) is 0 Å². The van der Waals surface area contributed by atoms with Crippen molar-refractivity contribution in [3.8, 4) is 0 Å². The lowest BCUT2D eigenvalue weighted by Gasteiger charge is -2.02. The van der Waals surface area contributed by atoms with Gasteiger partial charge in [-0.3, -0.25) is 14.9 Å². The van der Waals surface area contributed by atoms with Crippen molar-refractivity contribution in [2.45, 2.75) is 26.4 Å². The molecule has 0 saturated carbocycles. The minimum Gasteiger partial charge on any atom is -0.384 e. The zero-order valence-electron chi connectivity index (χ0n) is 6.05. The maximum absolute atomic E-state index is 10.5. The van der Waals surface area contributed by atoms with Gasteiger partial charge in [0.2, 0.25) is 5.91 Å². The van der Waals surface area contributed by atoms with Crippen molar-refractivity contribution >= 4 is 11.8 Å². The van der Waals surface area contributed by atoms with E-state index in [4.69, 9.17) is 5.11 Å². The second-order valence-electron chi connectivity index (χ2n) is 1.94. The second-order valence-corrected chi connectivity index (χ2v) is 1.94. The number of aliphatic hydroxyl groups excluding tert-OH is 1. The minimum atomic E-state index is -1.12. The molecular weight excluding hydrogens is 134 g/mol. The van der Waals surface area contributed by atoms with Crippen LogP contribution in [0.2, 0.25) is 0 Å². The van der Waals surface area contributed by atoms with Gasteiger partial charge in [-0.1, -0.05) is 6.92 Å². The lowest BCUT2D eigenvalue weighted by molar-refractivity contribution is -0.135. The quantitative estimate of drug-likeness (QED) is 0.546. The molecular formula is C6H11NO3. The molecule has 0 heterocycles. The van der Waals surface area contributed by atoms with Gasteiger partial charge in [0.1, 0.15) is 6.10 Å². The Balaban J connectivity index is 3.69. The van der Waals surface area contributed by atoms with E-state index in [0.717, 1.165) is 0 Å². The van der Waals surface area contributed by atoms with Crippen LogP contribution < -0.4 is 5.32 Å². The summed E-state index contributed by atoms with van der Waals surface area (Å²) in [5.74, 6) is -1.02. The summed E-state index contributed by atoms with van der Waals surface area (Å²) in [6.45, 7) is 2.93. The average Bonchev–Trinajstić information content (AvgIpc) is 1.87. The SMILES string of the molecule is CCC(=O)NC(=O)C(C)O. The molecule has 1 atom stereocenters. The molecule has 1 unspecified atom stereocenters. The molecule has 0 aromatic rings. The molecule has 4 nitrogen and oxygen atoms in total. The Labute approximate surface area is 59.2 Å². The van der Waals surface area contributed by atoms with Gasteiger partial charge >= 0.3 is 0 Å². The Kier molecular flexibility index (Phi) is 3.64. The van der Waals surface area contributed by atoms with E-state index in [0.29, 0.717) is 0 Å². The number of nitrogens with one attached hydrogen (secondary N) is 1. The number of carbonyl (C=O) groups excluding carboxylic acids is 2. The van der Waals surface area contributed by atoms with Gasteiger partial charge < -0.3 is 5.11 Å². The monoisotopic (exact) mass is 145 g/mol. The van der Waals surface area contributed by atoms with Gasteiger partial charge in [-0.15, -0.1) is 0 Å². The first-order valence-electron chi connectivity index (χ1n) is 3.09. The van der Waals surface area contributed by atoms with Crippen LogP contribution in [0.5, 0.6) is 0 Å². The molecule has 0 aliphatic carbocycles. The summed E-state index contributed by atoms with van der Waals surface area (Å²) >= 11 is 0. The second kappa shape index (κ2) is 4.00. The molecule has 58 valence electrons. The van der Waals surface area contributed by atoms with Crippen molar-refractivity contribution in [2.75, 3.05) is 0 Å². The maximum Gasteiger partial charge on any atom is 0.255 e. The van der Waals surface area contributed by atoms with Crippen molar-refractivity contribution in [2.24, 2.45) is 0 Å². The summed E-state index contributed by atoms with van der Waals surface area (Å²) in [4.78, 5) is 21.0. The number of aliphatic hydroxyl groups is 1. The summed E-state index contributed by atoms with van der Waals surface area (Å²) in [7, 11) is 0. The normalized spacial score (nSPS) is 12.3. The van der Waals surface area contributed by atoms with Crippen LogP contribution in [0.3, 0.4) is 0 Å². The molecule has 0 bridgehead atoms. The van der Waals surface area contributed by atoms with Gasteiger partial charge in [0, 0.05) is 6.42 Å². The van der Waals surface area contributed by atoms with Gasteiger partial charge in [0.05, 0.1) is 0 Å². The predicted octanol–water partition coefficient (Wildman–Crippen LogP) is -0.580. The fourth-order valence-corrected chi connectivity index (χ4v) is 0.330. The molecule has 0 aromatic heterocycles. The number of carbonyl (C=O) groups is 2. The van der Waals surface area contributed by atoms with E-state index in [1.807, 2.05) is 5.32 Å². The number of amides is 2. The third-order valence-electron chi connectivity index (χ3n) is 0.963. The fourth-order valence-electron chi connectivity index (χ4n) is 0.330. The summed E-state index contributed by atoms with van der Waals surface area (Å²) in [6, 6.07) is 0.